The molecule has 0 heterocycles. The zero-order valence-electron chi connectivity index (χ0n) is 11.2. The van der Waals surface area contributed by atoms with E-state index in [1.807, 2.05) is 43.3 Å². The Bertz CT molecular complexity index is 585. The third kappa shape index (κ3) is 3.47. The van der Waals surface area contributed by atoms with Gasteiger partial charge in [0.1, 0.15) is 18.0 Å². The molecule has 0 amide bonds. The lowest BCUT2D eigenvalue weighted by Crippen LogP contribution is -2.13. The summed E-state index contributed by atoms with van der Waals surface area (Å²) in [5, 5.41) is 14.0. The van der Waals surface area contributed by atoms with Gasteiger partial charge >= 0.3 is 0 Å². The number of nitrogens with zero attached hydrogens (tertiary/aromatic N) is 1. The highest BCUT2D eigenvalue weighted by molar-refractivity contribution is 5.65. The van der Waals surface area contributed by atoms with E-state index >= 15 is 0 Å². The van der Waals surface area contributed by atoms with Gasteiger partial charge in [0.25, 0.3) is 5.69 Å². The smallest absolute Gasteiger partial charge is 0.292 e. The van der Waals surface area contributed by atoms with Gasteiger partial charge in [-0.1, -0.05) is 30.3 Å². The van der Waals surface area contributed by atoms with Crippen molar-refractivity contribution in [3.63, 3.8) is 0 Å². The van der Waals surface area contributed by atoms with Crippen molar-refractivity contribution < 1.29 is 9.66 Å². The normalized spacial score (nSPS) is 10.1. The minimum atomic E-state index is -0.382. The van der Waals surface area contributed by atoms with E-state index in [0.717, 1.165) is 11.3 Å². The summed E-state index contributed by atoms with van der Waals surface area (Å²) in [4.78, 5) is 10.6. The molecule has 2 aromatic carbocycles. The highest BCUT2D eigenvalue weighted by Crippen LogP contribution is 2.27. The van der Waals surface area contributed by atoms with Crippen LogP contribution in [0.1, 0.15) is 5.56 Å². The van der Waals surface area contributed by atoms with Gasteiger partial charge in [0.05, 0.1) is 4.92 Å². The molecular formula is C15H16N2O3. The van der Waals surface area contributed by atoms with Crippen molar-refractivity contribution in [3.05, 3.63) is 64.2 Å². The zero-order valence-corrected chi connectivity index (χ0v) is 11.2. The van der Waals surface area contributed by atoms with Gasteiger partial charge in [0.2, 0.25) is 0 Å². The summed E-state index contributed by atoms with van der Waals surface area (Å²) in [5.41, 5.74) is 1.48. The Balaban J connectivity index is 1.93. The monoisotopic (exact) mass is 272 g/mol. The quantitative estimate of drug-likeness (QED) is 0.497. The molecule has 0 fully saturated rings. The molecule has 0 radical (unpaired) electrons. The number of anilines is 1. The van der Waals surface area contributed by atoms with Crippen molar-refractivity contribution in [2.75, 3.05) is 18.5 Å². The molecule has 2 aromatic rings. The van der Waals surface area contributed by atoms with Gasteiger partial charge < -0.3 is 10.1 Å². The minimum Gasteiger partial charge on any atom is -0.492 e. The molecule has 0 saturated heterocycles. The average molecular weight is 272 g/mol. The van der Waals surface area contributed by atoms with Gasteiger partial charge in [0, 0.05) is 12.6 Å². The maximum atomic E-state index is 11.0. The Morgan fingerprint density at radius 3 is 2.60 bits per heavy atom. The third-order valence-corrected chi connectivity index (χ3v) is 2.86. The number of benzene rings is 2. The topological polar surface area (TPSA) is 64.4 Å². The number of nitro benzene ring substituents is 1. The first-order valence-corrected chi connectivity index (χ1v) is 6.34. The predicted octanol–water partition coefficient (Wildman–Crippen LogP) is 3.39. The lowest BCUT2D eigenvalue weighted by molar-refractivity contribution is -0.384. The number of para-hydroxylation sites is 2. The first kappa shape index (κ1) is 13.9. The molecule has 5 heteroatoms. The number of nitro groups is 1. The average Bonchev–Trinajstić information content (AvgIpc) is 2.45. The molecule has 0 saturated carbocycles. The Kier molecular flexibility index (Phi) is 4.55. The maximum absolute atomic E-state index is 11.0. The Labute approximate surface area is 117 Å². The lowest BCUT2D eigenvalue weighted by Gasteiger charge is -2.10. The van der Waals surface area contributed by atoms with Crippen LogP contribution in [0.4, 0.5) is 11.4 Å². The molecule has 0 atom stereocenters. The molecule has 0 aliphatic rings. The first-order valence-electron chi connectivity index (χ1n) is 6.34. The molecular weight excluding hydrogens is 256 g/mol. The van der Waals surface area contributed by atoms with Gasteiger partial charge in [-0.3, -0.25) is 10.1 Å². The second-order valence-corrected chi connectivity index (χ2v) is 4.31. The highest BCUT2D eigenvalue weighted by atomic mass is 16.6. The van der Waals surface area contributed by atoms with Crippen molar-refractivity contribution in [2.24, 2.45) is 0 Å². The van der Waals surface area contributed by atoms with Gasteiger partial charge in [-0.15, -0.1) is 0 Å². The summed E-state index contributed by atoms with van der Waals surface area (Å²) < 4.78 is 5.54. The first-order chi connectivity index (χ1) is 9.68. The van der Waals surface area contributed by atoms with E-state index < -0.39 is 0 Å². The van der Waals surface area contributed by atoms with E-state index in [1.54, 1.807) is 6.07 Å². The fraction of sp³-hybridized carbons (Fsp3) is 0.200. The van der Waals surface area contributed by atoms with Crippen molar-refractivity contribution >= 4 is 11.4 Å². The van der Waals surface area contributed by atoms with Crippen LogP contribution in [0.25, 0.3) is 0 Å². The van der Waals surface area contributed by atoms with Crippen LogP contribution < -0.4 is 10.1 Å². The van der Waals surface area contributed by atoms with Crippen molar-refractivity contribution in [2.45, 2.75) is 6.92 Å². The molecule has 0 spiro atoms. The molecule has 0 unspecified atom stereocenters. The van der Waals surface area contributed by atoms with Crippen LogP contribution in [0.5, 0.6) is 5.75 Å². The van der Waals surface area contributed by atoms with Crippen LogP contribution in [0, 0.1) is 17.0 Å². The summed E-state index contributed by atoms with van der Waals surface area (Å²) in [5.74, 6) is 0.786. The largest absolute Gasteiger partial charge is 0.492 e. The molecule has 0 aliphatic carbocycles. The highest BCUT2D eigenvalue weighted by Gasteiger charge is 2.14. The number of ether oxygens (including phenoxy) is 1. The van der Waals surface area contributed by atoms with Crippen LogP contribution >= 0.6 is 0 Å². The number of hydrogen-bond acceptors (Lipinski definition) is 4. The summed E-state index contributed by atoms with van der Waals surface area (Å²) >= 11 is 0. The number of nitrogens with one attached hydrogen (secondary N) is 1. The van der Waals surface area contributed by atoms with Crippen LogP contribution in [0.15, 0.2) is 48.5 Å². The Hall–Kier alpha value is -2.56. The van der Waals surface area contributed by atoms with E-state index in [9.17, 15) is 10.1 Å². The molecule has 0 bridgehead atoms. The molecule has 2 rings (SSSR count). The van der Waals surface area contributed by atoms with E-state index in [-0.39, 0.29) is 10.6 Å². The zero-order chi connectivity index (χ0) is 14.4. The van der Waals surface area contributed by atoms with Crippen molar-refractivity contribution in [1.82, 2.24) is 0 Å². The van der Waals surface area contributed by atoms with E-state index in [1.165, 1.54) is 6.07 Å². The fourth-order valence-corrected chi connectivity index (χ4v) is 1.90. The van der Waals surface area contributed by atoms with Crippen molar-refractivity contribution in [3.8, 4) is 5.75 Å². The molecule has 1 N–H and O–H groups in total. The van der Waals surface area contributed by atoms with Crippen LogP contribution in [0.2, 0.25) is 0 Å². The summed E-state index contributed by atoms with van der Waals surface area (Å²) in [6.45, 7) is 2.78. The Morgan fingerprint density at radius 2 is 1.90 bits per heavy atom. The predicted molar refractivity (Wildman–Crippen MR) is 78.3 cm³/mol. The number of hydrogen-bond donors (Lipinski definition) is 1. The van der Waals surface area contributed by atoms with Gasteiger partial charge in [0.15, 0.2) is 0 Å². The summed E-state index contributed by atoms with van der Waals surface area (Å²) in [7, 11) is 0. The summed E-state index contributed by atoms with van der Waals surface area (Å²) in [6.07, 6.45) is 0. The molecule has 5 nitrogen and oxygen atoms in total. The molecule has 0 aromatic heterocycles. The molecule has 0 aliphatic heterocycles. The van der Waals surface area contributed by atoms with Crippen LogP contribution in [-0.4, -0.2) is 18.1 Å². The van der Waals surface area contributed by atoms with Gasteiger partial charge in [-0.2, -0.15) is 0 Å². The lowest BCUT2D eigenvalue weighted by atomic mass is 10.1. The van der Waals surface area contributed by atoms with Crippen molar-refractivity contribution in [1.29, 1.82) is 0 Å². The van der Waals surface area contributed by atoms with E-state index in [2.05, 4.69) is 5.32 Å². The van der Waals surface area contributed by atoms with E-state index in [4.69, 9.17) is 4.74 Å². The number of aryl methyl sites for hydroxylation is 1. The number of rotatable bonds is 6. The summed E-state index contributed by atoms with van der Waals surface area (Å²) in [6, 6.07) is 14.5. The van der Waals surface area contributed by atoms with Crippen LogP contribution in [-0.2, 0) is 0 Å². The standard InChI is InChI=1S/C15H16N2O3/c1-12-6-5-9-14(17(18)19)15(12)16-10-11-20-13-7-3-2-4-8-13/h2-9,16H,10-11H2,1H3. The van der Waals surface area contributed by atoms with Crippen LogP contribution in [0.3, 0.4) is 0 Å². The SMILES string of the molecule is Cc1cccc([N+](=O)[O-])c1NCCOc1ccccc1. The Morgan fingerprint density at radius 1 is 1.15 bits per heavy atom. The second-order valence-electron chi connectivity index (χ2n) is 4.31. The third-order valence-electron chi connectivity index (χ3n) is 2.86. The van der Waals surface area contributed by atoms with Gasteiger partial charge in [-0.05, 0) is 24.6 Å². The minimum absolute atomic E-state index is 0.0877. The fourth-order valence-electron chi connectivity index (χ4n) is 1.90. The van der Waals surface area contributed by atoms with Gasteiger partial charge in [-0.25, -0.2) is 0 Å². The molecule has 20 heavy (non-hydrogen) atoms. The van der Waals surface area contributed by atoms with E-state index in [0.29, 0.717) is 18.8 Å². The second kappa shape index (κ2) is 6.56. The molecule has 104 valence electrons. The maximum Gasteiger partial charge on any atom is 0.292 e.